The summed E-state index contributed by atoms with van der Waals surface area (Å²) in [6.45, 7) is 14.9. The van der Waals surface area contributed by atoms with Crippen molar-refractivity contribution in [1.82, 2.24) is 15.1 Å². The molecule has 2 aromatic carbocycles. The minimum absolute atomic E-state index is 0.0134. The summed E-state index contributed by atoms with van der Waals surface area (Å²) in [6.07, 6.45) is 4.58. The Hall–Kier alpha value is -1.76. The molecule has 2 saturated heterocycles. The SMILES string of the molecule is CCC1(N2CCN(Cc3cccc(COC(CCNC)c4ccccc4)c3)CC2)CCOC(C)(C)C1. The lowest BCUT2D eigenvalue weighted by atomic mass is 9.77. The first kappa shape index (κ1) is 27.3. The molecular formula is C31H47N3O2. The lowest BCUT2D eigenvalue weighted by Gasteiger charge is -2.53. The fourth-order valence-corrected chi connectivity index (χ4v) is 6.19. The predicted octanol–water partition coefficient (Wildman–Crippen LogP) is 5.41. The highest BCUT2D eigenvalue weighted by Crippen LogP contribution is 2.39. The Kier molecular flexibility index (Phi) is 9.59. The van der Waals surface area contributed by atoms with Crippen LogP contribution in [0.1, 0.15) is 69.2 Å². The molecule has 0 bridgehead atoms. The minimum atomic E-state index is -0.0134. The summed E-state index contributed by atoms with van der Waals surface area (Å²) in [5, 5.41) is 3.26. The summed E-state index contributed by atoms with van der Waals surface area (Å²) >= 11 is 0. The molecule has 36 heavy (non-hydrogen) atoms. The third kappa shape index (κ3) is 7.17. The number of nitrogens with zero attached hydrogens (tertiary/aromatic N) is 2. The summed E-state index contributed by atoms with van der Waals surface area (Å²) in [5.41, 5.74) is 4.17. The normalized spacial score (nSPS) is 24.0. The van der Waals surface area contributed by atoms with E-state index in [-0.39, 0.29) is 11.7 Å². The Bertz CT molecular complexity index is 926. The Balaban J connectivity index is 1.31. The quantitative estimate of drug-likeness (QED) is 0.453. The van der Waals surface area contributed by atoms with Crippen LogP contribution in [0.5, 0.6) is 0 Å². The van der Waals surface area contributed by atoms with Crippen LogP contribution >= 0.6 is 0 Å². The minimum Gasteiger partial charge on any atom is -0.375 e. The molecule has 0 amide bonds. The number of hydrogen-bond acceptors (Lipinski definition) is 5. The number of piperazine rings is 1. The van der Waals surface area contributed by atoms with E-state index in [9.17, 15) is 0 Å². The fraction of sp³-hybridized carbons (Fsp3) is 0.613. The molecule has 1 N–H and O–H groups in total. The first-order chi connectivity index (χ1) is 17.4. The van der Waals surface area contributed by atoms with Crippen LogP contribution < -0.4 is 5.32 Å². The van der Waals surface area contributed by atoms with Gasteiger partial charge in [0.25, 0.3) is 0 Å². The highest BCUT2D eigenvalue weighted by molar-refractivity contribution is 5.23. The second-order valence-electron chi connectivity index (χ2n) is 11.3. The molecule has 2 heterocycles. The molecule has 0 radical (unpaired) electrons. The third-order valence-electron chi connectivity index (χ3n) is 8.19. The van der Waals surface area contributed by atoms with Gasteiger partial charge in [0, 0.05) is 44.9 Å². The van der Waals surface area contributed by atoms with Gasteiger partial charge in [0.15, 0.2) is 0 Å². The van der Waals surface area contributed by atoms with Gasteiger partial charge in [0.1, 0.15) is 0 Å². The van der Waals surface area contributed by atoms with Gasteiger partial charge in [0.05, 0.1) is 18.3 Å². The van der Waals surface area contributed by atoms with Crippen molar-refractivity contribution >= 4 is 0 Å². The third-order valence-corrected chi connectivity index (χ3v) is 8.19. The molecule has 2 aliphatic rings. The van der Waals surface area contributed by atoms with Crippen LogP contribution in [0.15, 0.2) is 54.6 Å². The van der Waals surface area contributed by atoms with Crippen LogP contribution in [0.25, 0.3) is 0 Å². The molecule has 0 spiro atoms. The van der Waals surface area contributed by atoms with E-state index in [1.807, 2.05) is 7.05 Å². The van der Waals surface area contributed by atoms with Gasteiger partial charge >= 0.3 is 0 Å². The zero-order chi connectivity index (χ0) is 25.4. The largest absolute Gasteiger partial charge is 0.375 e. The molecule has 0 aromatic heterocycles. The summed E-state index contributed by atoms with van der Waals surface area (Å²) < 4.78 is 12.5. The lowest BCUT2D eigenvalue weighted by Crippen LogP contribution is -2.61. The molecule has 2 unspecified atom stereocenters. The topological polar surface area (TPSA) is 37.0 Å². The van der Waals surface area contributed by atoms with E-state index in [0.717, 1.165) is 65.1 Å². The maximum atomic E-state index is 6.41. The monoisotopic (exact) mass is 493 g/mol. The summed E-state index contributed by atoms with van der Waals surface area (Å²) in [6, 6.07) is 19.6. The molecule has 198 valence electrons. The van der Waals surface area contributed by atoms with Gasteiger partial charge in [-0.1, -0.05) is 61.5 Å². The lowest BCUT2D eigenvalue weighted by molar-refractivity contribution is -0.128. The Morgan fingerprint density at radius 1 is 1.00 bits per heavy atom. The van der Waals surface area contributed by atoms with Crippen molar-refractivity contribution < 1.29 is 9.47 Å². The van der Waals surface area contributed by atoms with E-state index in [0.29, 0.717) is 12.1 Å². The van der Waals surface area contributed by atoms with E-state index in [1.54, 1.807) is 0 Å². The van der Waals surface area contributed by atoms with Crippen molar-refractivity contribution in [2.45, 2.75) is 76.9 Å². The molecule has 4 rings (SSSR count). The van der Waals surface area contributed by atoms with Gasteiger partial charge in [0.2, 0.25) is 0 Å². The standard InChI is InChI=1S/C31H47N3O2/c1-5-31(15-21-36-30(2,3)25-31)34-19-17-33(18-20-34)23-26-10-9-11-27(22-26)24-35-29(14-16-32-4)28-12-7-6-8-13-28/h6-13,22,29,32H,5,14-21,23-25H2,1-4H3. The molecule has 2 fully saturated rings. The molecule has 0 saturated carbocycles. The van der Waals surface area contributed by atoms with E-state index in [4.69, 9.17) is 9.47 Å². The average molecular weight is 494 g/mol. The maximum absolute atomic E-state index is 6.41. The van der Waals surface area contributed by atoms with Crippen LogP contribution in [0.4, 0.5) is 0 Å². The molecule has 2 atom stereocenters. The van der Waals surface area contributed by atoms with Crippen molar-refractivity contribution in [1.29, 1.82) is 0 Å². The van der Waals surface area contributed by atoms with Crippen LogP contribution in [-0.4, -0.2) is 67.3 Å². The first-order valence-electron chi connectivity index (χ1n) is 13.9. The fourth-order valence-electron chi connectivity index (χ4n) is 6.19. The number of ether oxygens (including phenoxy) is 2. The molecule has 2 aliphatic heterocycles. The zero-order valence-corrected chi connectivity index (χ0v) is 23.0. The maximum Gasteiger partial charge on any atom is 0.0841 e. The summed E-state index contributed by atoms with van der Waals surface area (Å²) in [4.78, 5) is 5.39. The zero-order valence-electron chi connectivity index (χ0n) is 23.0. The van der Waals surface area contributed by atoms with Gasteiger partial charge < -0.3 is 14.8 Å². The number of hydrogen-bond donors (Lipinski definition) is 1. The highest BCUT2D eigenvalue weighted by atomic mass is 16.5. The van der Waals surface area contributed by atoms with E-state index in [2.05, 4.69) is 90.5 Å². The second kappa shape index (κ2) is 12.7. The Labute approximate surface area is 219 Å². The summed E-state index contributed by atoms with van der Waals surface area (Å²) in [5.74, 6) is 0. The Morgan fingerprint density at radius 3 is 2.44 bits per heavy atom. The van der Waals surface area contributed by atoms with Gasteiger partial charge in [-0.05, 0) is 69.8 Å². The van der Waals surface area contributed by atoms with Gasteiger partial charge in [-0.2, -0.15) is 0 Å². The van der Waals surface area contributed by atoms with Crippen molar-refractivity contribution in [3.8, 4) is 0 Å². The van der Waals surface area contributed by atoms with Crippen LogP contribution in [0.3, 0.4) is 0 Å². The first-order valence-corrected chi connectivity index (χ1v) is 13.9. The van der Waals surface area contributed by atoms with Crippen molar-refractivity contribution in [2.24, 2.45) is 0 Å². The molecule has 0 aliphatic carbocycles. The van der Waals surface area contributed by atoms with Gasteiger partial charge in [-0.15, -0.1) is 0 Å². The van der Waals surface area contributed by atoms with Gasteiger partial charge in [-0.25, -0.2) is 0 Å². The van der Waals surface area contributed by atoms with Crippen molar-refractivity contribution in [2.75, 3.05) is 46.4 Å². The number of rotatable bonds is 11. The Morgan fingerprint density at radius 2 is 1.75 bits per heavy atom. The smallest absolute Gasteiger partial charge is 0.0841 e. The van der Waals surface area contributed by atoms with Gasteiger partial charge in [-0.3, -0.25) is 9.80 Å². The van der Waals surface area contributed by atoms with Crippen LogP contribution in [0.2, 0.25) is 0 Å². The van der Waals surface area contributed by atoms with E-state index < -0.39 is 0 Å². The van der Waals surface area contributed by atoms with E-state index >= 15 is 0 Å². The van der Waals surface area contributed by atoms with Crippen molar-refractivity contribution in [3.63, 3.8) is 0 Å². The summed E-state index contributed by atoms with van der Waals surface area (Å²) in [7, 11) is 2.00. The molecule has 2 aromatic rings. The highest BCUT2D eigenvalue weighted by Gasteiger charge is 2.44. The van der Waals surface area contributed by atoms with Crippen LogP contribution in [0, 0.1) is 0 Å². The molecular weight excluding hydrogens is 446 g/mol. The number of nitrogens with one attached hydrogen (secondary N) is 1. The second-order valence-corrected chi connectivity index (χ2v) is 11.3. The van der Waals surface area contributed by atoms with Crippen LogP contribution in [-0.2, 0) is 22.6 Å². The molecule has 5 heteroatoms. The average Bonchev–Trinajstić information content (AvgIpc) is 2.89. The van der Waals surface area contributed by atoms with E-state index in [1.165, 1.54) is 23.1 Å². The predicted molar refractivity (Wildman–Crippen MR) is 148 cm³/mol. The van der Waals surface area contributed by atoms with Crippen molar-refractivity contribution in [3.05, 3.63) is 71.3 Å². The molecule has 5 nitrogen and oxygen atoms in total. The number of benzene rings is 2.